The smallest absolute Gasteiger partial charge is 0.259 e. The summed E-state index contributed by atoms with van der Waals surface area (Å²) in [6.07, 6.45) is -0.585. The molecule has 1 aliphatic rings. The molecule has 1 rings (SSSR count). The Morgan fingerprint density at radius 3 is 2.42 bits per heavy atom. The van der Waals surface area contributed by atoms with Gasteiger partial charge < -0.3 is 10.1 Å². The Kier molecular flexibility index (Phi) is 3.01. The first kappa shape index (κ1) is 9.86. The van der Waals surface area contributed by atoms with Crippen molar-refractivity contribution in [3.05, 3.63) is 0 Å². The van der Waals surface area contributed by atoms with Gasteiger partial charge in [-0.1, -0.05) is 0 Å². The molecule has 0 aromatic heterocycles. The third-order valence-electron chi connectivity index (χ3n) is 2.54. The molecule has 1 aliphatic carbocycles. The molecule has 0 saturated heterocycles. The van der Waals surface area contributed by atoms with Crippen LogP contribution in [0.15, 0.2) is 0 Å². The van der Waals surface area contributed by atoms with Crippen LogP contribution in [0.1, 0.15) is 12.8 Å². The first-order chi connectivity index (χ1) is 5.67. The van der Waals surface area contributed by atoms with Crippen molar-refractivity contribution >= 4 is 0 Å². The Labute approximate surface area is 71.3 Å². The van der Waals surface area contributed by atoms with Crippen LogP contribution in [0.25, 0.3) is 0 Å². The summed E-state index contributed by atoms with van der Waals surface area (Å²) in [6.45, 7) is 0.0891. The number of hydrogen-bond donors (Lipinski definition) is 1. The molecular weight excluding hydrogens is 164 g/mol. The van der Waals surface area contributed by atoms with E-state index in [1.165, 1.54) is 7.11 Å². The second-order valence-electron chi connectivity index (χ2n) is 3.30. The average molecular weight is 179 g/mol. The van der Waals surface area contributed by atoms with Crippen molar-refractivity contribution in [3.8, 4) is 0 Å². The lowest BCUT2D eigenvalue weighted by Gasteiger charge is -2.32. The van der Waals surface area contributed by atoms with Gasteiger partial charge in [-0.25, -0.2) is 8.78 Å². The maximum absolute atomic E-state index is 12.7. The summed E-state index contributed by atoms with van der Waals surface area (Å²) in [5.74, 6) is 0.0856. The lowest BCUT2D eigenvalue weighted by atomic mass is 9.95. The van der Waals surface area contributed by atoms with E-state index in [1.807, 2.05) is 0 Å². The minimum atomic E-state index is -2.35. The summed E-state index contributed by atoms with van der Waals surface area (Å²) in [5.41, 5.74) is -1.10. The minimum absolute atomic E-state index is 0.0856. The van der Waals surface area contributed by atoms with Crippen LogP contribution in [0.2, 0.25) is 0 Å². The highest BCUT2D eigenvalue weighted by atomic mass is 19.3. The molecule has 1 unspecified atom stereocenters. The number of rotatable bonds is 5. The summed E-state index contributed by atoms with van der Waals surface area (Å²) >= 11 is 0. The molecule has 1 atom stereocenters. The van der Waals surface area contributed by atoms with Crippen molar-refractivity contribution in [2.24, 2.45) is 5.92 Å². The third kappa shape index (κ3) is 1.59. The fraction of sp³-hybridized carbons (Fsp3) is 1.00. The van der Waals surface area contributed by atoms with Gasteiger partial charge in [-0.2, -0.15) is 0 Å². The second-order valence-corrected chi connectivity index (χ2v) is 3.30. The van der Waals surface area contributed by atoms with Crippen molar-refractivity contribution in [3.63, 3.8) is 0 Å². The SMILES string of the molecule is CNC(COC)(C(F)F)C1CC1. The van der Waals surface area contributed by atoms with E-state index in [0.29, 0.717) is 0 Å². The standard InChI is InChI=1S/C8H15F2NO/c1-11-8(5-12-2,7(9)10)6-3-4-6/h6-7,11H,3-5H2,1-2H3. The van der Waals surface area contributed by atoms with Crippen molar-refractivity contribution < 1.29 is 13.5 Å². The molecule has 0 radical (unpaired) electrons. The zero-order valence-electron chi connectivity index (χ0n) is 7.44. The van der Waals surface area contributed by atoms with Crippen LogP contribution < -0.4 is 5.32 Å². The molecule has 12 heavy (non-hydrogen) atoms. The fourth-order valence-electron chi connectivity index (χ4n) is 1.58. The first-order valence-corrected chi connectivity index (χ1v) is 4.13. The number of hydrogen-bond acceptors (Lipinski definition) is 2. The summed E-state index contributed by atoms with van der Waals surface area (Å²) in [6, 6.07) is 0. The van der Waals surface area contributed by atoms with Gasteiger partial charge in [-0.3, -0.25) is 0 Å². The molecule has 4 heteroatoms. The van der Waals surface area contributed by atoms with E-state index < -0.39 is 12.0 Å². The monoisotopic (exact) mass is 179 g/mol. The van der Waals surface area contributed by atoms with E-state index in [1.54, 1.807) is 7.05 Å². The topological polar surface area (TPSA) is 21.3 Å². The lowest BCUT2D eigenvalue weighted by molar-refractivity contribution is -0.0270. The lowest BCUT2D eigenvalue weighted by Crippen LogP contribution is -2.55. The van der Waals surface area contributed by atoms with Crippen LogP contribution in [0, 0.1) is 5.92 Å². The van der Waals surface area contributed by atoms with Crippen molar-refractivity contribution in [1.29, 1.82) is 0 Å². The molecule has 72 valence electrons. The van der Waals surface area contributed by atoms with Crippen LogP contribution in [0.3, 0.4) is 0 Å². The maximum Gasteiger partial charge on any atom is 0.259 e. The minimum Gasteiger partial charge on any atom is -0.383 e. The molecule has 0 spiro atoms. The first-order valence-electron chi connectivity index (χ1n) is 4.13. The number of ether oxygens (including phenoxy) is 1. The highest BCUT2D eigenvalue weighted by Crippen LogP contribution is 2.42. The molecule has 0 amide bonds. The molecule has 0 aliphatic heterocycles. The van der Waals surface area contributed by atoms with Crippen molar-refractivity contribution in [1.82, 2.24) is 5.32 Å². The van der Waals surface area contributed by atoms with Gasteiger partial charge in [0.05, 0.1) is 6.61 Å². The van der Waals surface area contributed by atoms with Gasteiger partial charge >= 0.3 is 0 Å². The summed E-state index contributed by atoms with van der Waals surface area (Å²) in [4.78, 5) is 0. The van der Waals surface area contributed by atoms with Gasteiger partial charge in [0, 0.05) is 7.11 Å². The van der Waals surface area contributed by atoms with Crippen LogP contribution in [0.5, 0.6) is 0 Å². The molecule has 1 fully saturated rings. The third-order valence-corrected chi connectivity index (χ3v) is 2.54. The van der Waals surface area contributed by atoms with Gasteiger partial charge in [0.15, 0.2) is 0 Å². The number of alkyl halides is 2. The zero-order valence-corrected chi connectivity index (χ0v) is 7.44. The maximum atomic E-state index is 12.7. The van der Waals surface area contributed by atoms with E-state index in [-0.39, 0.29) is 12.5 Å². The largest absolute Gasteiger partial charge is 0.383 e. The zero-order chi connectivity index (χ0) is 9.19. The van der Waals surface area contributed by atoms with Crippen LogP contribution in [-0.2, 0) is 4.74 Å². The Bertz CT molecular complexity index is 146. The second kappa shape index (κ2) is 3.66. The Morgan fingerprint density at radius 2 is 2.17 bits per heavy atom. The Morgan fingerprint density at radius 1 is 1.58 bits per heavy atom. The van der Waals surface area contributed by atoms with Gasteiger partial charge in [-0.05, 0) is 25.8 Å². The molecule has 1 N–H and O–H groups in total. The van der Waals surface area contributed by atoms with Crippen molar-refractivity contribution in [2.75, 3.05) is 20.8 Å². The van der Waals surface area contributed by atoms with E-state index in [9.17, 15) is 8.78 Å². The molecule has 2 nitrogen and oxygen atoms in total. The van der Waals surface area contributed by atoms with E-state index in [2.05, 4.69) is 5.32 Å². The van der Waals surface area contributed by atoms with Crippen LogP contribution >= 0.6 is 0 Å². The van der Waals surface area contributed by atoms with Crippen molar-refractivity contribution in [2.45, 2.75) is 24.8 Å². The number of halogens is 2. The van der Waals surface area contributed by atoms with Gasteiger partial charge in [-0.15, -0.1) is 0 Å². The number of methoxy groups -OCH3 is 1. The molecule has 0 aromatic rings. The molecular formula is C8H15F2NO. The Balaban J connectivity index is 2.64. The fourth-order valence-corrected chi connectivity index (χ4v) is 1.58. The van der Waals surface area contributed by atoms with Gasteiger partial charge in [0.25, 0.3) is 6.43 Å². The molecule has 1 saturated carbocycles. The van der Waals surface area contributed by atoms with Gasteiger partial charge in [0.1, 0.15) is 5.54 Å². The van der Waals surface area contributed by atoms with Crippen LogP contribution in [0.4, 0.5) is 8.78 Å². The number of nitrogens with one attached hydrogen (secondary N) is 1. The molecule has 0 bridgehead atoms. The van der Waals surface area contributed by atoms with E-state index in [4.69, 9.17) is 4.74 Å². The predicted molar refractivity (Wildman–Crippen MR) is 42.4 cm³/mol. The number of likely N-dealkylation sites (N-methyl/N-ethyl adjacent to an activating group) is 1. The van der Waals surface area contributed by atoms with Gasteiger partial charge in [0.2, 0.25) is 0 Å². The van der Waals surface area contributed by atoms with E-state index >= 15 is 0 Å². The normalized spacial score (nSPS) is 22.8. The van der Waals surface area contributed by atoms with E-state index in [0.717, 1.165) is 12.8 Å². The average Bonchev–Trinajstić information content (AvgIpc) is 2.82. The van der Waals surface area contributed by atoms with Crippen LogP contribution in [-0.4, -0.2) is 32.7 Å². The highest BCUT2D eigenvalue weighted by Gasteiger charge is 2.50. The predicted octanol–water partition coefficient (Wildman–Crippen LogP) is 1.27. The quantitative estimate of drug-likeness (QED) is 0.686. The molecule has 0 aromatic carbocycles. The summed E-state index contributed by atoms with van der Waals surface area (Å²) in [7, 11) is 3.03. The Hall–Kier alpha value is -0.220. The summed E-state index contributed by atoms with van der Waals surface area (Å²) in [5, 5.41) is 2.70. The molecule has 0 heterocycles. The highest BCUT2D eigenvalue weighted by molar-refractivity contribution is 5.02. The summed E-state index contributed by atoms with van der Waals surface area (Å²) < 4.78 is 30.2.